The molecule has 69 heavy (non-hydrogen) atoms. The van der Waals surface area contributed by atoms with Gasteiger partial charge in [-0.15, -0.1) is 0 Å². The van der Waals surface area contributed by atoms with Crippen LogP contribution in [0.25, 0.3) is 0 Å². The van der Waals surface area contributed by atoms with E-state index in [0.29, 0.717) is 23.9 Å². The van der Waals surface area contributed by atoms with Gasteiger partial charge < -0.3 is 33.3 Å². The molecule has 2 unspecified atom stereocenters. The highest BCUT2D eigenvalue weighted by Gasteiger charge is 2.22. The third-order valence-corrected chi connectivity index (χ3v) is 13.5. The first-order chi connectivity index (χ1) is 33.6. The zero-order chi connectivity index (χ0) is 50.6. The lowest BCUT2D eigenvalue weighted by atomic mass is 10.0. The molecule has 0 spiro atoms. The Labute approximate surface area is 427 Å². The number of carboxylic acid groups (broad SMARTS) is 1. The topological polar surface area (TPSA) is 111 Å². The minimum absolute atomic E-state index is 0.149. The van der Waals surface area contributed by atoms with Gasteiger partial charge in [0, 0.05) is 12.8 Å². The van der Waals surface area contributed by atoms with Gasteiger partial charge in [-0.1, -0.05) is 264 Å². The van der Waals surface area contributed by atoms with Crippen LogP contribution in [0.5, 0.6) is 0 Å². The molecule has 0 aliphatic carbocycles. The van der Waals surface area contributed by atoms with Crippen LogP contribution in [-0.2, 0) is 33.3 Å². The van der Waals surface area contributed by atoms with Crippen LogP contribution >= 0.6 is 0 Å². The largest absolute Gasteiger partial charge is 0.545 e. The predicted molar refractivity (Wildman–Crippen MR) is 288 cm³/mol. The molecule has 0 radical (unpaired) electrons. The molecule has 0 amide bonds. The van der Waals surface area contributed by atoms with Crippen LogP contribution in [0.4, 0.5) is 0 Å². The van der Waals surface area contributed by atoms with Gasteiger partial charge in [0.1, 0.15) is 13.2 Å². The average molecular weight is 979 g/mol. The molecule has 0 aromatic carbocycles. The number of ether oxygens (including phenoxy) is 4. The Morgan fingerprint density at radius 1 is 0.420 bits per heavy atom. The number of hydrogen-bond donors (Lipinski definition) is 0. The lowest BCUT2D eigenvalue weighted by molar-refractivity contribution is -0.870. The van der Waals surface area contributed by atoms with E-state index in [2.05, 4.69) is 26.0 Å². The van der Waals surface area contributed by atoms with E-state index in [4.69, 9.17) is 18.9 Å². The van der Waals surface area contributed by atoms with E-state index < -0.39 is 24.3 Å². The van der Waals surface area contributed by atoms with Gasteiger partial charge in [0.2, 0.25) is 0 Å². The molecule has 0 aliphatic rings. The zero-order valence-electron chi connectivity index (χ0n) is 46.5. The van der Waals surface area contributed by atoms with Crippen LogP contribution in [0.15, 0.2) is 12.2 Å². The smallest absolute Gasteiger partial charge is 0.306 e. The number of nitrogens with zero attached hydrogens (tertiary/aromatic N) is 1. The van der Waals surface area contributed by atoms with E-state index in [1.54, 1.807) is 0 Å². The number of hydrogen-bond acceptors (Lipinski definition) is 8. The van der Waals surface area contributed by atoms with Gasteiger partial charge in [0.15, 0.2) is 12.4 Å². The molecule has 9 nitrogen and oxygen atoms in total. The van der Waals surface area contributed by atoms with Crippen molar-refractivity contribution in [3.8, 4) is 0 Å². The summed E-state index contributed by atoms with van der Waals surface area (Å²) >= 11 is 0. The van der Waals surface area contributed by atoms with E-state index in [9.17, 15) is 19.5 Å². The number of carbonyl (C=O) groups excluding carboxylic acids is 3. The second-order valence-corrected chi connectivity index (χ2v) is 21.6. The number of unbranched alkanes of at least 4 members (excludes halogenated alkanes) is 39. The first-order valence-electron chi connectivity index (χ1n) is 29.8. The van der Waals surface area contributed by atoms with Crippen molar-refractivity contribution in [3.63, 3.8) is 0 Å². The van der Waals surface area contributed by atoms with E-state index >= 15 is 0 Å². The van der Waals surface area contributed by atoms with Crippen molar-refractivity contribution in [1.82, 2.24) is 0 Å². The van der Waals surface area contributed by atoms with Crippen LogP contribution in [-0.4, -0.2) is 82.3 Å². The van der Waals surface area contributed by atoms with E-state index in [-0.39, 0.29) is 32.2 Å². The number of rotatable bonds is 56. The van der Waals surface area contributed by atoms with Crippen molar-refractivity contribution in [1.29, 1.82) is 0 Å². The van der Waals surface area contributed by atoms with Crippen molar-refractivity contribution >= 4 is 17.9 Å². The number of likely N-dealkylation sites (N-methyl/N-ethyl adjacent to an activating group) is 1. The monoisotopic (exact) mass is 978 g/mol. The number of allylic oxidation sites excluding steroid dienone is 2. The third-order valence-electron chi connectivity index (χ3n) is 13.5. The number of carbonyl (C=O) groups is 3. The van der Waals surface area contributed by atoms with Gasteiger partial charge in [0.05, 0.1) is 40.3 Å². The molecule has 0 rings (SSSR count). The minimum atomic E-state index is -1.62. The quantitative estimate of drug-likeness (QED) is 0.0195. The fraction of sp³-hybridized carbons (Fsp3) is 0.917. The van der Waals surface area contributed by atoms with Crippen LogP contribution in [0.1, 0.15) is 296 Å². The molecule has 0 aromatic rings. The third kappa shape index (κ3) is 53.7. The Balaban J connectivity index is 3.94. The van der Waals surface area contributed by atoms with Gasteiger partial charge in [-0.05, 0) is 32.1 Å². The molecular weight excluding hydrogens is 863 g/mol. The lowest BCUT2D eigenvalue weighted by Crippen LogP contribution is -2.44. The van der Waals surface area contributed by atoms with E-state index in [1.807, 2.05) is 21.1 Å². The molecule has 0 aromatic heterocycles. The first-order valence-corrected chi connectivity index (χ1v) is 29.8. The highest BCUT2D eigenvalue weighted by molar-refractivity contribution is 5.70. The van der Waals surface area contributed by atoms with E-state index in [1.165, 1.54) is 205 Å². The summed E-state index contributed by atoms with van der Waals surface area (Å²) in [4.78, 5) is 37.1. The highest BCUT2D eigenvalue weighted by Crippen LogP contribution is 2.18. The summed E-state index contributed by atoms with van der Waals surface area (Å²) in [6.07, 6.45) is 57.3. The van der Waals surface area contributed by atoms with Crippen LogP contribution in [0, 0.1) is 0 Å². The second kappa shape index (κ2) is 52.4. The molecule has 0 N–H and O–H groups in total. The Kier molecular flexibility index (Phi) is 50.9. The number of esters is 2. The van der Waals surface area contributed by atoms with E-state index in [0.717, 1.165) is 57.8 Å². The summed E-state index contributed by atoms with van der Waals surface area (Å²) < 4.78 is 22.6. The fourth-order valence-corrected chi connectivity index (χ4v) is 8.87. The summed E-state index contributed by atoms with van der Waals surface area (Å²) in [6, 6.07) is 0. The SMILES string of the molecule is CCCC/C=C\CCCCCCCC(=O)OC(COC(=O)CCCCCCCCCCCCCCCCCCCCCCCCCCCCCCCCCCC)COC(OCC[N+](C)(C)C)C(=O)[O-]. The molecule has 0 aliphatic heterocycles. The summed E-state index contributed by atoms with van der Waals surface area (Å²) in [6.45, 7) is 4.74. The minimum Gasteiger partial charge on any atom is -0.545 e. The van der Waals surface area contributed by atoms with Crippen molar-refractivity contribution in [3.05, 3.63) is 12.2 Å². The number of aliphatic carboxylic acids is 1. The molecule has 0 fully saturated rings. The van der Waals surface area contributed by atoms with Crippen molar-refractivity contribution < 1.29 is 42.9 Å². The maximum Gasteiger partial charge on any atom is 0.306 e. The van der Waals surface area contributed by atoms with Gasteiger partial charge >= 0.3 is 11.9 Å². The zero-order valence-corrected chi connectivity index (χ0v) is 46.5. The van der Waals surface area contributed by atoms with Crippen LogP contribution in [0.2, 0.25) is 0 Å². The van der Waals surface area contributed by atoms with Gasteiger partial charge in [0.25, 0.3) is 0 Å². The molecule has 0 heterocycles. The molecule has 0 saturated heterocycles. The average Bonchev–Trinajstić information content (AvgIpc) is 3.31. The maximum atomic E-state index is 12.8. The highest BCUT2D eigenvalue weighted by atomic mass is 16.7. The summed E-state index contributed by atoms with van der Waals surface area (Å²) in [5.41, 5.74) is 0. The fourth-order valence-electron chi connectivity index (χ4n) is 8.87. The van der Waals surface area contributed by atoms with Gasteiger partial charge in [-0.2, -0.15) is 0 Å². The molecule has 2 atom stereocenters. The Bertz CT molecular complexity index is 1140. The molecular formula is C60H115NO8. The van der Waals surface area contributed by atoms with Crippen LogP contribution < -0.4 is 5.11 Å². The Morgan fingerprint density at radius 2 is 0.754 bits per heavy atom. The molecule has 0 saturated carbocycles. The summed E-state index contributed by atoms with van der Waals surface area (Å²) in [5, 5.41) is 11.7. The lowest BCUT2D eigenvalue weighted by Gasteiger charge is -2.26. The summed E-state index contributed by atoms with van der Waals surface area (Å²) in [5.74, 6) is -2.28. The molecule has 0 bridgehead atoms. The number of carboxylic acids is 1. The Hall–Kier alpha value is -1.97. The van der Waals surface area contributed by atoms with Crippen molar-refractivity contribution in [2.75, 3.05) is 47.5 Å². The molecule has 9 heteroatoms. The van der Waals surface area contributed by atoms with Crippen molar-refractivity contribution in [2.45, 2.75) is 309 Å². The molecule has 408 valence electrons. The van der Waals surface area contributed by atoms with Crippen molar-refractivity contribution in [2.24, 2.45) is 0 Å². The first kappa shape index (κ1) is 67.0. The summed E-state index contributed by atoms with van der Waals surface area (Å²) in [7, 11) is 5.92. The Morgan fingerprint density at radius 3 is 1.12 bits per heavy atom. The van der Waals surface area contributed by atoms with Crippen LogP contribution in [0.3, 0.4) is 0 Å². The number of quaternary nitrogens is 1. The van der Waals surface area contributed by atoms with Gasteiger partial charge in [-0.25, -0.2) is 0 Å². The standard InChI is InChI=1S/C60H115NO8/c1-6-8-10-12-14-16-18-19-20-21-22-23-24-25-26-27-28-29-30-31-32-33-34-35-36-37-38-39-41-42-44-46-48-50-57(62)67-54-56(55-68-60(59(64)65)66-53-52-61(3,4)5)69-58(63)51-49-47-45-43-40-17-15-13-11-9-7-2/h13,15,56,60H,6-12,14,16-55H2,1-5H3/b15-13-. The second-order valence-electron chi connectivity index (χ2n) is 21.6. The predicted octanol–water partition coefficient (Wildman–Crippen LogP) is 16.0. The normalized spacial score (nSPS) is 12.8. The van der Waals surface area contributed by atoms with Gasteiger partial charge in [-0.3, -0.25) is 9.59 Å². The maximum absolute atomic E-state index is 12.8.